The van der Waals surface area contributed by atoms with Crippen LogP contribution in [0.1, 0.15) is 11.6 Å². The molecule has 2 heteroatoms. The Kier molecular flexibility index (Phi) is 2.00. The van der Waals surface area contributed by atoms with E-state index < -0.39 is 0 Å². The van der Waals surface area contributed by atoms with E-state index in [9.17, 15) is 0 Å². The van der Waals surface area contributed by atoms with Crippen LogP contribution in [0.15, 0.2) is 48.8 Å². The normalized spacial score (nSPS) is 18.8. The number of rotatable bonds is 2. The van der Waals surface area contributed by atoms with Crippen LogP contribution in [0.25, 0.3) is 11.1 Å². The summed E-state index contributed by atoms with van der Waals surface area (Å²) in [5.74, 6) is 0. The maximum absolute atomic E-state index is 4.03. The highest BCUT2D eigenvalue weighted by molar-refractivity contribution is 5.63. The molecule has 1 aliphatic heterocycles. The molecule has 1 fully saturated rings. The molecule has 0 bridgehead atoms. The molecule has 2 heterocycles. The Bertz CT molecular complexity index is 461. The summed E-state index contributed by atoms with van der Waals surface area (Å²) < 4.78 is 0. The van der Waals surface area contributed by atoms with Crippen LogP contribution in [0.3, 0.4) is 0 Å². The summed E-state index contributed by atoms with van der Waals surface area (Å²) in [6, 6.07) is 13.3. The lowest BCUT2D eigenvalue weighted by Crippen LogP contribution is -1.85. The van der Waals surface area contributed by atoms with Crippen molar-refractivity contribution in [1.82, 2.24) is 10.3 Å². The Labute approximate surface area is 89.0 Å². The summed E-state index contributed by atoms with van der Waals surface area (Å²) in [6.07, 6.45) is 3.66. The minimum Gasteiger partial charge on any atom is -0.307 e. The summed E-state index contributed by atoms with van der Waals surface area (Å²) in [4.78, 5) is 4.03. The Morgan fingerprint density at radius 1 is 1.07 bits per heavy atom. The van der Waals surface area contributed by atoms with E-state index in [0.29, 0.717) is 6.04 Å². The van der Waals surface area contributed by atoms with E-state index in [1.54, 1.807) is 0 Å². The molecule has 2 aromatic rings. The van der Waals surface area contributed by atoms with E-state index in [1.165, 1.54) is 16.7 Å². The number of hydrogen-bond acceptors (Lipinski definition) is 2. The summed E-state index contributed by atoms with van der Waals surface area (Å²) in [5, 5.41) is 3.32. The second-order valence-corrected chi connectivity index (χ2v) is 3.82. The van der Waals surface area contributed by atoms with Crippen LogP contribution < -0.4 is 5.32 Å². The minimum absolute atomic E-state index is 0.576. The quantitative estimate of drug-likeness (QED) is 0.748. The van der Waals surface area contributed by atoms with E-state index in [0.717, 1.165) is 6.54 Å². The van der Waals surface area contributed by atoms with Crippen LogP contribution >= 0.6 is 0 Å². The van der Waals surface area contributed by atoms with Gasteiger partial charge in [-0.15, -0.1) is 0 Å². The lowest BCUT2D eigenvalue weighted by atomic mass is 10.0. The first kappa shape index (κ1) is 8.62. The van der Waals surface area contributed by atoms with Crippen molar-refractivity contribution in [2.45, 2.75) is 6.04 Å². The first-order valence-electron chi connectivity index (χ1n) is 5.17. The van der Waals surface area contributed by atoms with Crippen molar-refractivity contribution in [1.29, 1.82) is 0 Å². The molecule has 15 heavy (non-hydrogen) atoms. The lowest BCUT2D eigenvalue weighted by Gasteiger charge is -2.03. The maximum Gasteiger partial charge on any atom is 0.0447 e. The topological polar surface area (TPSA) is 34.8 Å². The highest BCUT2D eigenvalue weighted by Gasteiger charge is 2.21. The van der Waals surface area contributed by atoms with Crippen LogP contribution in [0.2, 0.25) is 0 Å². The third-order valence-electron chi connectivity index (χ3n) is 2.71. The van der Waals surface area contributed by atoms with Gasteiger partial charge in [0.25, 0.3) is 0 Å². The van der Waals surface area contributed by atoms with Gasteiger partial charge in [-0.25, -0.2) is 0 Å². The second kappa shape index (κ2) is 3.48. The Morgan fingerprint density at radius 2 is 1.87 bits per heavy atom. The molecule has 1 saturated heterocycles. The van der Waals surface area contributed by atoms with Gasteiger partial charge in [0.15, 0.2) is 0 Å². The molecule has 1 atom stereocenters. The molecule has 0 spiro atoms. The van der Waals surface area contributed by atoms with Gasteiger partial charge in [0, 0.05) is 25.0 Å². The van der Waals surface area contributed by atoms with Crippen molar-refractivity contribution in [2.24, 2.45) is 0 Å². The summed E-state index contributed by atoms with van der Waals surface area (Å²) in [5.41, 5.74) is 3.88. The number of benzene rings is 1. The molecular weight excluding hydrogens is 184 g/mol. The van der Waals surface area contributed by atoms with E-state index in [2.05, 4.69) is 34.6 Å². The zero-order valence-electron chi connectivity index (χ0n) is 8.35. The number of aromatic nitrogens is 1. The highest BCUT2D eigenvalue weighted by atomic mass is 15.1. The molecule has 74 valence electrons. The van der Waals surface area contributed by atoms with Gasteiger partial charge < -0.3 is 5.32 Å². The second-order valence-electron chi connectivity index (χ2n) is 3.82. The largest absolute Gasteiger partial charge is 0.307 e. The highest BCUT2D eigenvalue weighted by Crippen LogP contribution is 2.26. The van der Waals surface area contributed by atoms with E-state index >= 15 is 0 Å². The van der Waals surface area contributed by atoms with Crippen molar-refractivity contribution < 1.29 is 0 Å². The molecular formula is C13H12N2. The summed E-state index contributed by atoms with van der Waals surface area (Å²) in [6.45, 7) is 1.11. The van der Waals surface area contributed by atoms with Gasteiger partial charge in [0.05, 0.1) is 0 Å². The van der Waals surface area contributed by atoms with Crippen molar-refractivity contribution in [3.05, 3.63) is 54.4 Å². The van der Waals surface area contributed by atoms with Crippen molar-refractivity contribution in [3.8, 4) is 11.1 Å². The van der Waals surface area contributed by atoms with Crippen molar-refractivity contribution in [2.75, 3.05) is 6.54 Å². The fourth-order valence-electron chi connectivity index (χ4n) is 1.77. The fourth-order valence-corrected chi connectivity index (χ4v) is 1.77. The predicted molar refractivity (Wildman–Crippen MR) is 60.4 cm³/mol. The zero-order valence-corrected chi connectivity index (χ0v) is 8.35. The first-order chi connectivity index (χ1) is 7.43. The number of pyridine rings is 1. The molecule has 1 aromatic carbocycles. The minimum atomic E-state index is 0.576. The molecule has 0 unspecified atom stereocenters. The lowest BCUT2D eigenvalue weighted by molar-refractivity contribution is 1.08. The molecule has 0 saturated carbocycles. The Morgan fingerprint density at radius 3 is 2.60 bits per heavy atom. The average molecular weight is 196 g/mol. The maximum atomic E-state index is 4.03. The van der Waals surface area contributed by atoms with E-state index in [1.807, 2.05) is 24.5 Å². The SMILES string of the molecule is c1cc(-c2ccncc2)cc([C@@H]2CN2)c1. The van der Waals surface area contributed by atoms with Crippen LogP contribution in [0, 0.1) is 0 Å². The Balaban J connectivity index is 2.01. The first-order valence-corrected chi connectivity index (χ1v) is 5.17. The number of nitrogens with zero attached hydrogens (tertiary/aromatic N) is 1. The molecule has 2 nitrogen and oxygen atoms in total. The van der Waals surface area contributed by atoms with Crippen LogP contribution in [-0.4, -0.2) is 11.5 Å². The van der Waals surface area contributed by atoms with Gasteiger partial charge in [0.2, 0.25) is 0 Å². The van der Waals surface area contributed by atoms with Crippen LogP contribution in [0.4, 0.5) is 0 Å². The Hall–Kier alpha value is -1.67. The zero-order chi connectivity index (χ0) is 10.1. The smallest absolute Gasteiger partial charge is 0.0447 e. The third kappa shape index (κ3) is 1.76. The van der Waals surface area contributed by atoms with Gasteiger partial charge in [-0.1, -0.05) is 18.2 Å². The summed E-state index contributed by atoms with van der Waals surface area (Å²) in [7, 11) is 0. The van der Waals surface area contributed by atoms with E-state index in [-0.39, 0.29) is 0 Å². The number of hydrogen-bond donors (Lipinski definition) is 1. The van der Waals surface area contributed by atoms with Crippen molar-refractivity contribution >= 4 is 0 Å². The summed E-state index contributed by atoms with van der Waals surface area (Å²) >= 11 is 0. The van der Waals surface area contributed by atoms with Gasteiger partial charge in [-0.3, -0.25) is 4.98 Å². The van der Waals surface area contributed by atoms with Crippen LogP contribution in [0.5, 0.6) is 0 Å². The molecule has 1 aliphatic rings. The molecule has 0 aliphatic carbocycles. The standard InChI is InChI=1S/C13H12N2/c1-2-11(10-4-6-14-7-5-10)8-12(3-1)13-9-15-13/h1-8,13,15H,9H2/t13-/m0/s1. The van der Waals surface area contributed by atoms with Crippen LogP contribution in [-0.2, 0) is 0 Å². The number of nitrogens with one attached hydrogen (secondary N) is 1. The molecule has 0 amide bonds. The van der Waals surface area contributed by atoms with Gasteiger partial charge in [-0.05, 0) is 34.9 Å². The average Bonchev–Trinajstić information content (AvgIpc) is 3.14. The fraction of sp³-hybridized carbons (Fsp3) is 0.154. The van der Waals surface area contributed by atoms with Gasteiger partial charge >= 0.3 is 0 Å². The molecule has 1 N–H and O–H groups in total. The molecule has 3 rings (SSSR count). The molecule has 1 aromatic heterocycles. The van der Waals surface area contributed by atoms with E-state index in [4.69, 9.17) is 0 Å². The predicted octanol–water partition coefficient (Wildman–Crippen LogP) is 2.39. The van der Waals surface area contributed by atoms with Gasteiger partial charge in [0.1, 0.15) is 0 Å². The molecule has 0 radical (unpaired) electrons. The van der Waals surface area contributed by atoms with Crippen molar-refractivity contribution in [3.63, 3.8) is 0 Å². The monoisotopic (exact) mass is 196 g/mol. The third-order valence-corrected chi connectivity index (χ3v) is 2.71. The van der Waals surface area contributed by atoms with Gasteiger partial charge in [-0.2, -0.15) is 0 Å².